The van der Waals surface area contributed by atoms with Crippen molar-refractivity contribution >= 4 is 40.9 Å². The molecule has 64 heavy (non-hydrogen) atoms. The number of hydrogen-bond donors (Lipinski definition) is 0. The van der Waals surface area contributed by atoms with E-state index in [-0.39, 0.29) is 28.0 Å². The van der Waals surface area contributed by atoms with Crippen LogP contribution in [0.25, 0.3) is 44.9 Å². The number of ether oxygens (including phenoxy) is 1. The molecule has 0 spiro atoms. The Morgan fingerprint density at radius 2 is 1.19 bits per heavy atom. The van der Waals surface area contributed by atoms with E-state index >= 15 is 0 Å². The molecule has 0 fully saturated rings. The Kier molecular flexibility index (Phi) is 10.1. The van der Waals surface area contributed by atoms with Crippen molar-refractivity contribution in [3.63, 3.8) is 0 Å². The largest absolute Gasteiger partial charge is 0.503 e. The Balaban J connectivity index is 0.00000456. The second-order valence-electron chi connectivity index (χ2n) is 16.5. The minimum Gasteiger partial charge on any atom is -0.503 e. The van der Waals surface area contributed by atoms with Crippen molar-refractivity contribution in [3.05, 3.63) is 218 Å². The molecule has 3 aliphatic heterocycles. The first-order chi connectivity index (χ1) is 31.1. The van der Waals surface area contributed by atoms with E-state index in [1.165, 1.54) is 27.7 Å². The van der Waals surface area contributed by atoms with E-state index in [4.69, 9.17) is 9.72 Å². The number of nitrogens with zero attached hydrogens (tertiary/aromatic N) is 5. The fraction of sp³-hybridized carbons (Fsp3) is 0.0714. The van der Waals surface area contributed by atoms with Crippen LogP contribution in [0.5, 0.6) is 11.5 Å². The zero-order valence-corrected chi connectivity index (χ0v) is 37.6. The molecule has 8 heteroatoms. The molecule has 1 aromatic heterocycles. The fourth-order valence-corrected chi connectivity index (χ4v) is 9.94. The quantitative estimate of drug-likeness (QED) is 0.123. The molecule has 12 rings (SSSR count). The van der Waals surface area contributed by atoms with E-state index in [1.54, 1.807) is 0 Å². The number of hydrogen-bond acceptors (Lipinski definition) is 5. The first-order valence-electron chi connectivity index (χ1n) is 21.6. The van der Waals surface area contributed by atoms with Crippen LogP contribution in [0.3, 0.4) is 0 Å². The SMILES string of the molecule is Cc1cccc2c1B1N(C)c3ccc(Oc4[c-]c(N5[CH-]N(c6c(-c7ccccc7)cccc6-c6ccccc6)c6ccccc65)ccc4)[c-]c3-c3ncc(n31)-c1ccccc1CC2.[Pt]. The van der Waals surface area contributed by atoms with Gasteiger partial charge in [-0.05, 0) is 66.7 Å². The van der Waals surface area contributed by atoms with Gasteiger partial charge in [-0.2, -0.15) is 6.07 Å². The molecule has 0 saturated carbocycles. The van der Waals surface area contributed by atoms with Crippen LogP contribution in [0.15, 0.2) is 182 Å². The monoisotopic (exact) mass is 1010 g/mol. The van der Waals surface area contributed by atoms with Crippen LogP contribution in [0, 0.1) is 25.7 Å². The minimum atomic E-state index is -0.0693. The molecule has 0 atom stereocenters. The molecule has 0 saturated heterocycles. The summed E-state index contributed by atoms with van der Waals surface area (Å²) in [7, 11) is 2.19. The summed E-state index contributed by atoms with van der Waals surface area (Å²) in [6.45, 7) is 4.34. The van der Waals surface area contributed by atoms with Gasteiger partial charge in [0.05, 0.1) is 0 Å². The Hall–Kier alpha value is -7.08. The average Bonchev–Trinajstić information content (AvgIpc) is 3.96. The van der Waals surface area contributed by atoms with E-state index in [0.29, 0.717) is 11.5 Å². The zero-order valence-electron chi connectivity index (χ0n) is 35.3. The minimum absolute atomic E-state index is 0. The van der Waals surface area contributed by atoms with Gasteiger partial charge in [0.2, 0.25) is 0 Å². The van der Waals surface area contributed by atoms with Gasteiger partial charge in [0.15, 0.2) is 0 Å². The molecule has 3 aliphatic rings. The van der Waals surface area contributed by atoms with E-state index in [0.717, 1.165) is 80.6 Å². The van der Waals surface area contributed by atoms with Gasteiger partial charge in [-0.3, -0.25) is 4.98 Å². The van der Waals surface area contributed by atoms with Gasteiger partial charge < -0.3 is 23.8 Å². The number of anilines is 5. The topological polar surface area (TPSA) is 36.8 Å². The maximum Gasteiger partial charge on any atom is 0.399 e. The van der Waals surface area contributed by atoms with E-state index in [9.17, 15) is 0 Å². The number of imidazole rings is 1. The Morgan fingerprint density at radius 3 is 1.95 bits per heavy atom. The third kappa shape index (κ3) is 6.57. The van der Waals surface area contributed by atoms with Gasteiger partial charge in [0.1, 0.15) is 0 Å². The Bertz CT molecular complexity index is 3150. The molecule has 0 bridgehead atoms. The maximum absolute atomic E-state index is 6.70. The van der Waals surface area contributed by atoms with Crippen LogP contribution in [0.2, 0.25) is 0 Å². The van der Waals surface area contributed by atoms with Gasteiger partial charge >= 0.3 is 6.98 Å². The van der Waals surface area contributed by atoms with Crippen LogP contribution in [0.1, 0.15) is 16.7 Å². The summed E-state index contributed by atoms with van der Waals surface area (Å²) < 4.78 is 9.11. The third-order valence-electron chi connectivity index (χ3n) is 12.8. The summed E-state index contributed by atoms with van der Waals surface area (Å²) in [5.74, 6) is 2.08. The normalized spacial score (nSPS) is 13.3. The standard InChI is InChI=1S/C56H41BN5O.Pt/c1-38-16-13-22-42-31-30-41-21-9-10-25-46(41)53-36-58-56-49-35-45(32-33-50(49)59(2)57(54(38)42)62(53)56)63-44-24-14-23-43(34-44)60-37-61(52-29-12-11-28-51(52)60)55-47(39-17-5-3-6-18-39)26-15-27-48(55)40-19-7-4-8-20-40;/h3-29,32-33,36-37H,30-31H2,1-2H3;/q-3;. The molecular formula is C56H41BN5OPt-3. The maximum atomic E-state index is 6.70. The van der Waals surface area contributed by atoms with Crippen molar-refractivity contribution in [1.82, 2.24) is 9.46 Å². The van der Waals surface area contributed by atoms with Crippen LogP contribution < -0.4 is 24.8 Å². The first kappa shape index (κ1) is 39.7. The van der Waals surface area contributed by atoms with Crippen molar-refractivity contribution in [2.45, 2.75) is 19.8 Å². The fourth-order valence-electron chi connectivity index (χ4n) is 9.94. The summed E-state index contributed by atoms with van der Waals surface area (Å²) in [6, 6.07) is 69.4. The van der Waals surface area contributed by atoms with Crippen LogP contribution in [-0.2, 0) is 33.9 Å². The number of para-hydroxylation sites is 3. The molecule has 4 heterocycles. The van der Waals surface area contributed by atoms with Gasteiger partial charge in [-0.1, -0.05) is 162 Å². The predicted molar refractivity (Wildman–Crippen MR) is 257 cm³/mol. The molecule has 6 nitrogen and oxygen atoms in total. The third-order valence-corrected chi connectivity index (χ3v) is 12.8. The van der Waals surface area contributed by atoms with Gasteiger partial charge in [-0.25, -0.2) is 0 Å². The smallest absolute Gasteiger partial charge is 0.399 e. The summed E-state index contributed by atoms with van der Waals surface area (Å²) >= 11 is 0. The van der Waals surface area contributed by atoms with E-state index in [1.807, 2.05) is 24.4 Å². The summed E-state index contributed by atoms with van der Waals surface area (Å²) in [6.07, 6.45) is 3.98. The Morgan fingerprint density at radius 1 is 0.578 bits per heavy atom. The second-order valence-corrected chi connectivity index (χ2v) is 16.5. The zero-order chi connectivity index (χ0) is 42.0. The molecule has 312 valence electrons. The number of aromatic nitrogens is 2. The van der Waals surface area contributed by atoms with Crippen LogP contribution >= 0.6 is 0 Å². The number of aryl methyl sites for hydroxylation is 3. The number of fused-ring (bicyclic) bond motifs is 7. The van der Waals surface area contributed by atoms with Gasteiger partial charge in [0.25, 0.3) is 0 Å². The van der Waals surface area contributed by atoms with Crippen LogP contribution in [0.4, 0.5) is 28.4 Å². The van der Waals surface area contributed by atoms with Crippen molar-refractivity contribution in [2.24, 2.45) is 0 Å². The van der Waals surface area contributed by atoms with Crippen molar-refractivity contribution < 1.29 is 25.8 Å². The molecule has 8 aromatic carbocycles. The van der Waals surface area contributed by atoms with Gasteiger partial charge in [0, 0.05) is 84.0 Å². The molecule has 0 N–H and O–H groups in total. The molecule has 0 aliphatic carbocycles. The first-order valence-corrected chi connectivity index (χ1v) is 21.6. The van der Waals surface area contributed by atoms with Crippen molar-refractivity contribution in [3.8, 4) is 56.4 Å². The predicted octanol–water partition coefficient (Wildman–Crippen LogP) is 12.5. The summed E-state index contributed by atoms with van der Waals surface area (Å²) in [4.78, 5) is 12.1. The van der Waals surface area contributed by atoms with Crippen LogP contribution in [-0.4, -0.2) is 23.5 Å². The van der Waals surface area contributed by atoms with Crippen molar-refractivity contribution in [1.29, 1.82) is 0 Å². The second kappa shape index (κ2) is 16.2. The van der Waals surface area contributed by atoms with Crippen molar-refractivity contribution in [2.75, 3.05) is 21.7 Å². The number of rotatable bonds is 6. The molecule has 0 radical (unpaired) electrons. The molecule has 9 aromatic rings. The summed E-state index contributed by atoms with van der Waals surface area (Å²) in [5, 5.41) is 0. The molecule has 0 amide bonds. The number of benzene rings is 8. The van der Waals surface area contributed by atoms with E-state index in [2.05, 4.69) is 210 Å². The van der Waals surface area contributed by atoms with Gasteiger partial charge in [-0.15, -0.1) is 36.6 Å². The molecular weight excluding hydrogens is 965 g/mol. The summed E-state index contributed by atoms with van der Waals surface area (Å²) in [5.41, 5.74) is 18.3. The average molecular weight is 1010 g/mol. The Labute approximate surface area is 389 Å². The molecule has 0 unspecified atom stereocenters. The van der Waals surface area contributed by atoms with E-state index < -0.39 is 0 Å².